The number of furan rings is 1. The van der Waals surface area contributed by atoms with Gasteiger partial charge in [0.1, 0.15) is 11.1 Å². The highest BCUT2D eigenvalue weighted by Crippen LogP contribution is 2.36. The fourth-order valence-electron chi connectivity index (χ4n) is 1.89. The first-order valence-corrected chi connectivity index (χ1v) is 5.65. The highest BCUT2D eigenvalue weighted by Gasteiger charge is 2.52. The van der Waals surface area contributed by atoms with Crippen molar-refractivity contribution >= 4 is 22.8 Å². The molecule has 0 radical (unpaired) electrons. The van der Waals surface area contributed by atoms with Crippen molar-refractivity contribution in [2.45, 2.75) is 18.4 Å². The van der Waals surface area contributed by atoms with Crippen molar-refractivity contribution in [3.63, 3.8) is 0 Å². The summed E-state index contributed by atoms with van der Waals surface area (Å²) in [6, 6.07) is 8.87. The molecule has 1 aromatic heterocycles. The zero-order valence-corrected chi connectivity index (χ0v) is 9.47. The summed E-state index contributed by atoms with van der Waals surface area (Å²) < 4.78 is 5.38. The molecule has 0 aliphatic heterocycles. The van der Waals surface area contributed by atoms with E-state index in [2.05, 4.69) is 5.32 Å². The Hall–Kier alpha value is -2.30. The minimum absolute atomic E-state index is 0.142. The second-order valence-corrected chi connectivity index (χ2v) is 4.49. The van der Waals surface area contributed by atoms with Crippen molar-refractivity contribution in [1.82, 2.24) is 5.32 Å². The number of carboxylic acid groups (broad SMARTS) is 1. The molecule has 1 fully saturated rings. The third-order valence-electron chi connectivity index (χ3n) is 3.16. The molecule has 5 heteroatoms. The van der Waals surface area contributed by atoms with Crippen molar-refractivity contribution in [3.05, 3.63) is 36.1 Å². The molecule has 0 unspecified atom stereocenters. The monoisotopic (exact) mass is 245 g/mol. The minimum Gasteiger partial charge on any atom is -0.480 e. The molecular formula is C13H11NO4. The highest BCUT2D eigenvalue weighted by atomic mass is 16.4. The fraction of sp³-hybridized carbons (Fsp3) is 0.231. The van der Waals surface area contributed by atoms with Crippen molar-refractivity contribution in [2.75, 3.05) is 0 Å². The van der Waals surface area contributed by atoms with E-state index in [1.54, 1.807) is 12.1 Å². The summed E-state index contributed by atoms with van der Waals surface area (Å²) in [6.45, 7) is 0. The predicted molar refractivity (Wildman–Crippen MR) is 63.3 cm³/mol. The summed E-state index contributed by atoms with van der Waals surface area (Å²) >= 11 is 0. The van der Waals surface area contributed by atoms with Crippen LogP contribution < -0.4 is 5.32 Å². The molecule has 1 aliphatic rings. The number of carbonyl (C=O) groups is 2. The molecule has 2 N–H and O–H groups in total. The standard InChI is InChI=1S/C13H11NO4/c15-11(14-13(5-6-13)12(16)17)10-7-8-3-1-2-4-9(8)18-10/h1-4,7H,5-6H2,(H,14,15)(H,16,17). The third-order valence-corrected chi connectivity index (χ3v) is 3.16. The van der Waals surface area contributed by atoms with Gasteiger partial charge in [0, 0.05) is 5.39 Å². The van der Waals surface area contributed by atoms with Crippen molar-refractivity contribution < 1.29 is 19.1 Å². The minimum atomic E-state index is -1.09. The Labute approximate surface area is 102 Å². The van der Waals surface area contributed by atoms with Gasteiger partial charge in [0.05, 0.1) is 0 Å². The molecule has 2 aromatic rings. The molecule has 0 bridgehead atoms. The molecule has 1 aromatic carbocycles. The van der Waals surface area contributed by atoms with Crippen molar-refractivity contribution in [1.29, 1.82) is 0 Å². The first-order chi connectivity index (χ1) is 8.61. The quantitative estimate of drug-likeness (QED) is 0.863. The largest absolute Gasteiger partial charge is 0.480 e. The number of fused-ring (bicyclic) bond motifs is 1. The lowest BCUT2D eigenvalue weighted by Gasteiger charge is -2.10. The number of amides is 1. The molecular weight excluding hydrogens is 234 g/mol. The second-order valence-electron chi connectivity index (χ2n) is 4.49. The van der Waals surface area contributed by atoms with Crippen LogP contribution in [0.3, 0.4) is 0 Å². The topological polar surface area (TPSA) is 79.5 Å². The Morgan fingerprint density at radius 2 is 2.00 bits per heavy atom. The van der Waals surface area contributed by atoms with Gasteiger partial charge in [-0.05, 0) is 25.0 Å². The van der Waals surface area contributed by atoms with Gasteiger partial charge < -0.3 is 14.8 Å². The molecule has 1 saturated carbocycles. The number of aliphatic carboxylic acids is 1. The lowest BCUT2D eigenvalue weighted by atomic mass is 10.2. The van der Waals surface area contributed by atoms with E-state index in [1.807, 2.05) is 18.2 Å². The van der Waals surface area contributed by atoms with Crippen LogP contribution in [0.25, 0.3) is 11.0 Å². The van der Waals surface area contributed by atoms with Gasteiger partial charge in [-0.3, -0.25) is 4.79 Å². The molecule has 92 valence electrons. The first kappa shape index (κ1) is 10.8. The van der Waals surface area contributed by atoms with Gasteiger partial charge in [0.15, 0.2) is 5.76 Å². The van der Waals surface area contributed by atoms with Crippen LogP contribution in [-0.2, 0) is 4.79 Å². The van der Waals surface area contributed by atoms with Crippen molar-refractivity contribution in [3.8, 4) is 0 Å². The summed E-state index contributed by atoms with van der Waals surface area (Å²) in [5.74, 6) is -1.33. The number of carbonyl (C=O) groups excluding carboxylic acids is 1. The lowest BCUT2D eigenvalue weighted by molar-refractivity contribution is -0.140. The van der Waals surface area contributed by atoms with Gasteiger partial charge in [-0.1, -0.05) is 18.2 Å². The van der Waals surface area contributed by atoms with Gasteiger partial charge in [-0.25, -0.2) is 4.79 Å². The van der Waals surface area contributed by atoms with Crippen LogP contribution >= 0.6 is 0 Å². The average molecular weight is 245 g/mol. The van der Waals surface area contributed by atoms with Gasteiger partial charge in [0.2, 0.25) is 0 Å². The van der Waals surface area contributed by atoms with E-state index in [0.717, 1.165) is 5.39 Å². The number of para-hydroxylation sites is 1. The Morgan fingerprint density at radius 3 is 2.61 bits per heavy atom. The van der Waals surface area contributed by atoms with Gasteiger partial charge in [-0.15, -0.1) is 0 Å². The lowest BCUT2D eigenvalue weighted by Crippen LogP contribution is -2.42. The Balaban J connectivity index is 1.86. The van der Waals surface area contributed by atoms with Gasteiger partial charge >= 0.3 is 5.97 Å². The summed E-state index contributed by atoms with van der Waals surface area (Å²) in [6.07, 6.45) is 0.933. The van der Waals surface area contributed by atoms with Gasteiger partial charge in [0.25, 0.3) is 5.91 Å². The van der Waals surface area contributed by atoms with Crippen LogP contribution in [0.4, 0.5) is 0 Å². The Morgan fingerprint density at radius 1 is 1.28 bits per heavy atom. The van der Waals surface area contributed by atoms with Crippen LogP contribution in [0.1, 0.15) is 23.4 Å². The van der Waals surface area contributed by atoms with E-state index < -0.39 is 17.4 Å². The molecule has 0 saturated heterocycles. The smallest absolute Gasteiger partial charge is 0.329 e. The SMILES string of the molecule is O=C(NC1(C(=O)O)CC1)c1cc2ccccc2o1. The summed E-state index contributed by atoms with van der Waals surface area (Å²) in [7, 11) is 0. The number of hydrogen-bond donors (Lipinski definition) is 2. The first-order valence-electron chi connectivity index (χ1n) is 5.65. The molecule has 0 spiro atoms. The second kappa shape index (κ2) is 3.60. The third kappa shape index (κ3) is 1.64. The number of benzene rings is 1. The number of nitrogens with one attached hydrogen (secondary N) is 1. The maximum absolute atomic E-state index is 11.9. The normalized spacial score (nSPS) is 16.4. The van der Waals surface area contributed by atoms with Crippen LogP contribution in [0, 0.1) is 0 Å². The summed E-state index contributed by atoms with van der Waals surface area (Å²) in [4.78, 5) is 22.9. The van der Waals surface area contributed by atoms with Crippen LogP contribution in [0.15, 0.2) is 34.7 Å². The molecule has 0 atom stereocenters. The number of carboxylic acids is 1. The molecule has 1 heterocycles. The Kier molecular flexibility index (Phi) is 2.16. The summed E-state index contributed by atoms with van der Waals surface area (Å²) in [5, 5.41) is 12.3. The van der Waals surface area contributed by atoms with E-state index in [1.165, 1.54) is 0 Å². The zero-order chi connectivity index (χ0) is 12.8. The van der Waals surface area contributed by atoms with E-state index in [-0.39, 0.29) is 5.76 Å². The maximum atomic E-state index is 11.9. The van der Waals surface area contributed by atoms with Gasteiger partial charge in [-0.2, -0.15) is 0 Å². The van der Waals surface area contributed by atoms with E-state index in [9.17, 15) is 9.59 Å². The molecule has 1 amide bonds. The average Bonchev–Trinajstić information content (AvgIpc) is 3.00. The molecule has 5 nitrogen and oxygen atoms in total. The van der Waals surface area contributed by atoms with Crippen LogP contribution in [-0.4, -0.2) is 22.5 Å². The highest BCUT2D eigenvalue weighted by molar-refractivity contribution is 5.99. The molecule has 18 heavy (non-hydrogen) atoms. The molecule has 1 aliphatic carbocycles. The number of hydrogen-bond acceptors (Lipinski definition) is 3. The van der Waals surface area contributed by atoms with E-state index in [0.29, 0.717) is 18.4 Å². The van der Waals surface area contributed by atoms with Crippen LogP contribution in [0.5, 0.6) is 0 Å². The summed E-state index contributed by atoms with van der Waals surface area (Å²) in [5.41, 5.74) is -0.474. The molecule has 3 rings (SSSR count). The van der Waals surface area contributed by atoms with Crippen LogP contribution in [0.2, 0.25) is 0 Å². The zero-order valence-electron chi connectivity index (χ0n) is 9.47. The Bertz CT molecular complexity index is 606. The van der Waals surface area contributed by atoms with Crippen molar-refractivity contribution in [2.24, 2.45) is 0 Å². The predicted octanol–water partition coefficient (Wildman–Crippen LogP) is 1.78. The van der Waals surface area contributed by atoms with E-state index >= 15 is 0 Å². The van der Waals surface area contributed by atoms with E-state index in [4.69, 9.17) is 9.52 Å². The fourth-order valence-corrected chi connectivity index (χ4v) is 1.89. The maximum Gasteiger partial charge on any atom is 0.329 e. The number of rotatable bonds is 3.